The largest absolute Gasteiger partial charge is 0.370 e. The Morgan fingerprint density at radius 2 is 1.85 bits per heavy atom. The van der Waals surface area contributed by atoms with Crippen LogP contribution >= 0.6 is 23.2 Å². The second-order valence-corrected chi connectivity index (χ2v) is 6.86. The van der Waals surface area contributed by atoms with E-state index in [1.54, 1.807) is 6.07 Å². The molecule has 0 aliphatic carbocycles. The average molecular weight is 311 g/mol. The van der Waals surface area contributed by atoms with Crippen molar-refractivity contribution in [3.63, 3.8) is 0 Å². The first-order chi connectivity index (χ1) is 9.32. The molecule has 0 bridgehead atoms. The number of benzene rings is 1. The molecule has 2 aromatic rings. The Hall–Kier alpha value is -0.990. The highest BCUT2D eigenvalue weighted by Gasteiger charge is 2.20. The molecule has 1 aromatic heterocycles. The lowest BCUT2D eigenvalue weighted by Crippen LogP contribution is -2.16. The summed E-state index contributed by atoms with van der Waals surface area (Å²) in [5, 5.41) is 5.61. The molecule has 108 valence electrons. The number of nitrogens with one attached hydrogen (secondary N) is 1. The summed E-state index contributed by atoms with van der Waals surface area (Å²) in [4.78, 5) is 4.72. The summed E-state index contributed by atoms with van der Waals surface area (Å²) in [6.07, 6.45) is 1.06. The fourth-order valence-corrected chi connectivity index (χ4v) is 2.69. The Labute approximate surface area is 130 Å². The quantitative estimate of drug-likeness (QED) is 0.791. The van der Waals surface area contributed by atoms with Crippen molar-refractivity contribution in [1.82, 2.24) is 4.98 Å². The van der Waals surface area contributed by atoms with Crippen LogP contribution in [-0.4, -0.2) is 11.5 Å². The zero-order valence-electron chi connectivity index (χ0n) is 12.3. The maximum atomic E-state index is 6.30. The van der Waals surface area contributed by atoms with Crippen LogP contribution in [0.4, 0.5) is 5.82 Å². The third-order valence-corrected chi connectivity index (χ3v) is 3.73. The van der Waals surface area contributed by atoms with Gasteiger partial charge in [-0.05, 0) is 30.0 Å². The van der Waals surface area contributed by atoms with Crippen LogP contribution in [0.2, 0.25) is 10.0 Å². The molecule has 0 saturated carbocycles. The Balaban J connectivity index is 2.68. The Kier molecular flexibility index (Phi) is 4.46. The molecule has 4 heteroatoms. The lowest BCUT2D eigenvalue weighted by atomic mass is 9.86. The highest BCUT2D eigenvalue weighted by atomic mass is 35.5. The molecule has 2 nitrogen and oxygen atoms in total. The first-order valence-electron chi connectivity index (χ1n) is 6.87. The van der Waals surface area contributed by atoms with Crippen LogP contribution in [0.25, 0.3) is 10.9 Å². The molecular weight excluding hydrogens is 291 g/mol. The Morgan fingerprint density at radius 1 is 1.15 bits per heavy atom. The molecule has 0 aliphatic heterocycles. The van der Waals surface area contributed by atoms with Crippen molar-refractivity contribution in [3.8, 4) is 0 Å². The summed E-state index contributed by atoms with van der Waals surface area (Å²) in [5.41, 5.74) is 2.00. The summed E-state index contributed by atoms with van der Waals surface area (Å²) in [6, 6.07) is 5.74. The van der Waals surface area contributed by atoms with Crippen molar-refractivity contribution in [2.75, 3.05) is 11.9 Å². The molecule has 1 N–H and O–H groups in total. The van der Waals surface area contributed by atoms with Crippen LogP contribution < -0.4 is 5.32 Å². The van der Waals surface area contributed by atoms with Crippen molar-refractivity contribution in [2.24, 2.45) is 0 Å². The number of fused-ring (bicyclic) bond motifs is 1. The maximum absolute atomic E-state index is 6.30. The van der Waals surface area contributed by atoms with Gasteiger partial charge in [0, 0.05) is 22.5 Å². The van der Waals surface area contributed by atoms with E-state index in [9.17, 15) is 0 Å². The maximum Gasteiger partial charge on any atom is 0.130 e. The minimum atomic E-state index is 0.000228. The van der Waals surface area contributed by atoms with Crippen LogP contribution in [0.15, 0.2) is 18.2 Å². The molecular formula is C16H20Cl2N2. The Morgan fingerprint density at radius 3 is 2.45 bits per heavy atom. The van der Waals surface area contributed by atoms with Gasteiger partial charge in [-0.3, -0.25) is 0 Å². The summed E-state index contributed by atoms with van der Waals surface area (Å²) in [7, 11) is 0. The summed E-state index contributed by atoms with van der Waals surface area (Å²) < 4.78 is 0. The van der Waals surface area contributed by atoms with E-state index in [2.05, 4.69) is 39.1 Å². The number of halogens is 2. The van der Waals surface area contributed by atoms with E-state index in [4.69, 9.17) is 28.2 Å². The second-order valence-electron chi connectivity index (χ2n) is 6.02. The van der Waals surface area contributed by atoms with E-state index >= 15 is 0 Å². The third-order valence-electron chi connectivity index (χ3n) is 3.20. The molecule has 0 amide bonds. The molecule has 2 rings (SSSR count). The molecule has 0 spiro atoms. The lowest BCUT2D eigenvalue weighted by molar-refractivity contribution is 0.590. The van der Waals surface area contributed by atoms with E-state index in [1.807, 2.05) is 6.07 Å². The molecule has 0 aliphatic rings. The number of nitrogens with zero attached hydrogens (tertiary/aromatic N) is 1. The first kappa shape index (κ1) is 15.4. The third kappa shape index (κ3) is 3.18. The SMILES string of the molecule is CCCNc1nc2cc(Cl)cc(Cl)c2cc1C(C)(C)C. The number of rotatable bonds is 3. The molecule has 0 atom stereocenters. The van der Waals surface area contributed by atoms with Gasteiger partial charge in [-0.1, -0.05) is 50.9 Å². The summed E-state index contributed by atoms with van der Waals surface area (Å²) in [5.74, 6) is 0.921. The predicted molar refractivity (Wildman–Crippen MR) is 89.2 cm³/mol. The number of pyridine rings is 1. The van der Waals surface area contributed by atoms with Crippen LogP contribution in [-0.2, 0) is 5.41 Å². The second kappa shape index (κ2) is 5.79. The zero-order valence-corrected chi connectivity index (χ0v) is 13.9. The number of anilines is 1. The van der Waals surface area contributed by atoms with Gasteiger partial charge in [-0.25, -0.2) is 4.98 Å². The van der Waals surface area contributed by atoms with Crippen molar-refractivity contribution in [2.45, 2.75) is 39.5 Å². The number of aromatic nitrogens is 1. The molecule has 0 radical (unpaired) electrons. The highest BCUT2D eigenvalue weighted by molar-refractivity contribution is 6.38. The van der Waals surface area contributed by atoms with Crippen molar-refractivity contribution in [3.05, 3.63) is 33.8 Å². The van der Waals surface area contributed by atoms with Gasteiger partial charge in [0.15, 0.2) is 0 Å². The van der Waals surface area contributed by atoms with Crippen molar-refractivity contribution >= 4 is 39.9 Å². The summed E-state index contributed by atoms with van der Waals surface area (Å²) in [6.45, 7) is 9.57. The normalized spacial score (nSPS) is 11.9. The molecule has 1 heterocycles. The molecule has 0 fully saturated rings. The molecule has 0 unspecified atom stereocenters. The smallest absolute Gasteiger partial charge is 0.130 e. The van der Waals surface area contributed by atoms with E-state index in [0.29, 0.717) is 10.0 Å². The lowest BCUT2D eigenvalue weighted by Gasteiger charge is -2.23. The van der Waals surface area contributed by atoms with Gasteiger partial charge in [0.25, 0.3) is 0 Å². The standard InChI is InChI=1S/C16H20Cl2N2/c1-5-6-19-15-12(16(2,3)4)9-11-13(18)7-10(17)8-14(11)20-15/h7-9H,5-6H2,1-4H3,(H,19,20). The van der Waals surface area contributed by atoms with E-state index in [0.717, 1.165) is 29.7 Å². The minimum Gasteiger partial charge on any atom is -0.370 e. The van der Waals surface area contributed by atoms with Gasteiger partial charge < -0.3 is 5.32 Å². The van der Waals surface area contributed by atoms with Gasteiger partial charge >= 0.3 is 0 Å². The molecule has 0 saturated heterocycles. The fourth-order valence-electron chi connectivity index (χ4n) is 2.15. The first-order valence-corrected chi connectivity index (χ1v) is 7.62. The number of hydrogen-bond acceptors (Lipinski definition) is 2. The molecule has 20 heavy (non-hydrogen) atoms. The topological polar surface area (TPSA) is 24.9 Å². The van der Waals surface area contributed by atoms with Gasteiger partial charge in [0.2, 0.25) is 0 Å². The van der Waals surface area contributed by atoms with Crippen LogP contribution in [0, 0.1) is 0 Å². The Bertz CT molecular complexity index is 630. The average Bonchev–Trinajstić information content (AvgIpc) is 2.33. The number of hydrogen-bond donors (Lipinski definition) is 1. The van der Waals surface area contributed by atoms with E-state index in [-0.39, 0.29) is 5.41 Å². The van der Waals surface area contributed by atoms with E-state index < -0.39 is 0 Å². The highest BCUT2D eigenvalue weighted by Crippen LogP contribution is 2.35. The predicted octanol–water partition coefficient (Wildman–Crippen LogP) is 5.66. The fraction of sp³-hybridized carbons (Fsp3) is 0.438. The van der Waals surface area contributed by atoms with E-state index in [1.165, 1.54) is 5.56 Å². The van der Waals surface area contributed by atoms with Crippen molar-refractivity contribution < 1.29 is 0 Å². The van der Waals surface area contributed by atoms with Gasteiger partial charge in [0.1, 0.15) is 5.82 Å². The van der Waals surface area contributed by atoms with Crippen LogP contribution in [0.1, 0.15) is 39.7 Å². The minimum absolute atomic E-state index is 0.000228. The monoisotopic (exact) mass is 310 g/mol. The van der Waals surface area contributed by atoms with Gasteiger partial charge in [-0.2, -0.15) is 0 Å². The van der Waals surface area contributed by atoms with Crippen LogP contribution in [0.3, 0.4) is 0 Å². The van der Waals surface area contributed by atoms with Crippen LogP contribution in [0.5, 0.6) is 0 Å². The van der Waals surface area contributed by atoms with Gasteiger partial charge in [0.05, 0.1) is 10.5 Å². The molecule has 1 aromatic carbocycles. The summed E-state index contributed by atoms with van der Waals surface area (Å²) >= 11 is 12.4. The zero-order chi connectivity index (χ0) is 14.9. The van der Waals surface area contributed by atoms with Gasteiger partial charge in [-0.15, -0.1) is 0 Å². The van der Waals surface area contributed by atoms with Crippen molar-refractivity contribution in [1.29, 1.82) is 0 Å².